The standard InChI is InChI=1S/C25H21F2NO4/c26-22-11-5-6-15(23(22)27)12-16(24(29)30)13-28-25(31)32-14-21-19-9-3-1-7-17(19)18-8-2-4-10-20(18)21/h1-11,16,21H,12-14H2,(H,28,31)(H,29,30)/t16-/m0/s1. The number of amides is 1. The minimum absolute atomic E-state index is 0.0632. The summed E-state index contributed by atoms with van der Waals surface area (Å²) in [5.74, 6) is -4.61. The number of carbonyl (C=O) groups is 2. The van der Waals surface area contributed by atoms with Gasteiger partial charge >= 0.3 is 12.1 Å². The quantitative estimate of drug-likeness (QED) is 0.560. The molecule has 3 aromatic carbocycles. The summed E-state index contributed by atoms with van der Waals surface area (Å²) in [6.45, 7) is -0.182. The molecule has 0 bridgehead atoms. The van der Waals surface area contributed by atoms with Crippen LogP contribution in [0.25, 0.3) is 11.1 Å². The smallest absolute Gasteiger partial charge is 0.407 e. The predicted molar refractivity (Wildman–Crippen MR) is 114 cm³/mol. The van der Waals surface area contributed by atoms with Crippen molar-refractivity contribution in [2.24, 2.45) is 5.92 Å². The highest BCUT2D eigenvalue weighted by atomic mass is 19.2. The van der Waals surface area contributed by atoms with E-state index < -0.39 is 29.6 Å². The lowest BCUT2D eigenvalue weighted by Gasteiger charge is -2.16. The van der Waals surface area contributed by atoms with Gasteiger partial charge in [0.15, 0.2) is 11.6 Å². The third-order valence-corrected chi connectivity index (χ3v) is 5.68. The Hall–Kier alpha value is -3.74. The number of fused-ring (bicyclic) bond motifs is 3. The highest BCUT2D eigenvalue weighted by Crippen LogP contribution is 2.44. The first kappa shape index (κ1) is 21.5. The molecular weight excluding hydrogens is 416 g/mol. The molecule has 5 nitrogen and oxygen atoms in total. The molecule has 1 aliphatic rings. The zero-order chi connectivity index (χ0) is 22.7. The molecule has 0 spiro atoms. The zero-order valence-electron chi connectivity index (χ0n) is 17.1. The van der Waals surface area contributed by atoms with Crippen molar-refractivity contribution in [1.29, 1.82) is 0 Å². The lowest BCUT2D eigenvalue weighted by Crippen LogP contribution is -2.35. The van der Waals surface area contributed by atoms with Crippen molar-refractivity contribution >= 4 is 12.1 Å². The molecule has 0 heterocycles. The van der Waals surface area contributed by atoms with Gasteiger partial charge in [-0.3, -0.25) is 4.79 Å². The number of aliphatic carboxylic acids is 1. The van der Waals surface area contributed by atoms with Crippen LogP contribution < -0.4 is 5.32 Å². The summed E-state index contributed by atoms with van der Waals surface area (Å²) in [5, 5.41) is 11.9. The molecule has 0 unspecified atom stereocenters. The van der Waals surface area contributed by atoms with Gasteiger partial charge in [-0.05, 0) is 40.3 Å². The number of hydrogen-bond donors (Lipinski definition) is 2. The van der Waals surface area contributed by atoms with E-state index in [2.05, 4.69) is 5.32 Å². The second-order valence-corrected chi connectivity index (χ2v) is 7.66. The lowest BCUT2D eigenvalue weighted by atomic mass is 9.98. The molecule has 7 heteroatoms. The van der Waals surface area contributed by atoms with E-state index in [-0.39, 0.29) is 31.1 Å². The Labute approximate surface area is 183 Å². The summed E-state index contributed by atoms with van der Waals surface area (Å²) in [4.78, 5) is 23.8. The molecule has 0 saturated heterocycles. The first-order valence-electron chi connectivity index (χ1n) is 10.2. The van der Waals surface area contributed by atoms with Crippen molar-refractivity contribution in [3.8, 4) is 11.1 Å². The van der Waals surface area contributed by atoms with Gasteiger partial charge in [-0.25, -0.2) is 13.6 Å². The number of carboxylic acids is 1. The van der Waals surface area contributed by atoms with Crippen molar-refractivity contribution in [3.63, 3.8) is 0 Å². The molecule has 1 amide bonds. The maximum Gasteiger partial charge on any atom is 0.407 e. The van der Waals surface area contributed by atoms with Crippen molar-refractivity contribution in [2.75, 3.05) is 13.2 Å². The number of halogens is 2. The third-order valence-electron chi connectivity index (χ3n) is 5.68. The minimum Gasteiger partial charge on any atom is -0.481 e. The fourth-order valence-electron chi connectivity index (χ4n) is 4.07. The second-order valence-electron chi connectivity index (χ2n) is 7.66. The van der Waals surface area contributed by atoms with E-state index in [0.29, 0.717) is 0 Å². The lowest BCUT2D eigenvalue weighted by molar-refractivity contribution is -0.141. The van der Waals surface area contributed by atoms with E-state index in [1.807, 2.05) is 48.5 Å². The number of alkyl carbamates (subject to hydrolysis) is 1. The molecule has 32 heavy (non-hydrogen) atoms. The van der Waals surface area contributed by atoms with Gasteiger partial charge in [0.05, 0.1) is 5.92 Å². The van der Waals surface area contributed by atoms with Crippen LogP contribution in [0.1, 0.15) is 22.6 Å². The molecule has 0 saturated carbocycles. The van der Waals surface area contributed by atoms with Crippen LogP contribution in [0.4, 0.5) is 13.6 Å². The van der Waals surface area contributed by atoms with Crippen LogP contribution >= 0.6 is 0 Å². The van der Waals surface area contributed by atoms with Crippen LogP contribution in [-0.2, 0) is 16.0 Å². The zero-order valence-corrected chi connectivity index (χ0v) is 17.1. The van der Waals surface area contributed by atoms with Crippen molar-refractivity contribution < 1.29 is 28.2 Å². The van der Waals surface area contributed by atoms with Gasteiger partial charge in [-0.1, -0.05) is 60.7 Å². The second kappa shape index (κ2) is 9.18. The maximum atomic E-state index is 13.9. The summed E-state index contributed by atoms with van der Waals surface area (Å²) < 4.78 is 32.7. The number of rotatable bonds is 7. The molecule has 0 radical (unpaired) electrons. The summed E-state index contributed by atoms with van der Waals surface area (Å²) >= 11 is 0. The SMILES string of the molecule is O=C(NC[C@H](Cc1cccc(F)c1F)C(=O)O)OCC1c2ccccc2-c2ccccc21. The number of nitrogens with one attached hydrogen (secondary N) is 1. The number of hydrogen-bond acceptors (Lipinski definition) is 3. The van der Waals surface area contributed by atoms with E-state index >= 15 is 0 Å². The van der Waals surface area contributed by atoms with Crippen LogP contribution in [0.3, 0.4) is 0 Å². The monoisotopic (exact) mass is 437 g/mol. The molecule has 164 valence electrons. The van der Waals surface area contributed by atoms with E-state index in [4.69, 9.17) is 4.74 Å². The highest BCUT2D eigenvalue weighted by Gasteiger charge is 2.29. The Morgan fingerprint density at radius 1 is 0.938 bits per heavy atom. The number of carbonyl (C=O) groups excluding carboxylic acids is 1. The molecule has 1 aliphatic carbocycles. The molecule has 4 rings (SSSR count). The van der Waals surface area contributed by atoms with Gasteiger partial charge in [0.2, 0.25) is 0 Å². The fraction of sp³-hybridized carbons (Fsp3) is 0.200. The summed E-state index contributed by atoms with van der Waals surface area (Å²) in [5.41, 5.74) is 4.25. The van der Waals surface area contributed by atoms with Crippen LogP contribution in [0.5, 0.6) is 0 Å². The van der Waals surface area contributed by atoms with Crippen molar-refractivity contribution in [1.82, 2.24) is 5.32 Å². The average molecular weight is 437 g/mol. The average Bonchev–Trinajstić information content (AvgIpc) is 3.11. The molecule has 0 aromatic heterocycles. The normalized spacial score (nSPS) is 13.2. The predicted octanol–water partition coefficient (Wildman–Crippen LogP) is 4.75. The Balaban J connectivity index is 1.38. The van der Waals surface area contributed by atoms with Crippen LogP contribution in [-0.4, -0.2) is 30.3 Å². The topological polar surface area (TPSA) is 75.6 Å². The van der Waals surface area contributed by atoms with Gasteiger partial charge in [0.1, 0.15) is 6.61 Å². The first-order valence-corrected chi connectivity index (χ1v) is 10.2. The molecule has 0 fully saturated rings. The van der Waals surface area contributed by atoms with Crippen molar-refractivity contribution in [2.45, 2.75) is 12.3 Å². The van der Waals surface area contributed by atoms with E-state index in [9.17, 15) is 23.5 Å². The molecular formula is C25H21F2NO4. The molecule has 3 aromatic rings. The van der Waals surface area contributed by atoms with Gasteiger partial charge in [-0.2, -0.15) is 0 Å². The largest absolute Gasteiger partial charge is 0.481 e. The van der Waals surface area contributed by atoms with Gasteiger partial charge < -0.3 is 15.2 Å². The number of ether oxygens (including phenoxy) is 1. The number of carboxylic acid groups (broad SMARTS) is 1. The first-order chi connectivity index (χ1) is 15.5. The van der Waals surface area contributed by atoms with Crippen molar-refractivity contribution in [3.05, 3.63) is 95.1 Å². The van der Waals surface area contributed by atoms with Gasteiger partial charge in [0.25, 0.3) is 0 Å². The maximum absolute atomic E-state index is 13.9. The van der Waals surface area contributed by atoms with Crippen LogP contribution in [0.2, 0.25) is 0 Å². The van der Waals surface area contributed by atoms with Crippen LogP contribution in [0.15, 0.2) is 66.7 Å². The Morgan fingerprint density at radius 3 is 2.19 bits per heavy atom. The molecule has 2 N–H and O–H groups in total. The minimum atomic E-state index is -1.23. The summed E-state index contributed by atoms with van der Waals surface area (Å²) in [6, 6.07) is 19.4. The van der Waals surface area contributed by atoms with Crippen LogP contribution in [0, 0.1) is 17.6 Å². The Bertz CT molecular complexity index is 1120. The van der Waals surface area contributed by atoms with E-state index in [1.54, 1.807) is 0 Å². The third kappa shape index (κ3) is 4.32. The fourth-order valence-corrected chi connectivity index (χ4v) is 4.07. The Kier molecular flexibility index (Phi) is 6.16. The number of benzene rings is 3. The molecule has 0 aliphatic heterocycles. The highest BCUT2D eigenvalue weighted by molar-refractivity contribution is 5.79. The Morgan fingerprint density at radius 2 is 1.56 bits per heavy atom. The van der Waals surface area contributed by atoms with Gasteiger partial charge in [0, 0.05) is 12.5 Å². The summed E-state index contributed by atoms with van der Waals surface area (Å²) in [7, 11) is 0. The molecule has 1 atom stereocenters. The summed E-state index contributed by atoms with van der Waals surface area (Å²) in [6.07, 6.45) is -1.03. The van der Waals surface area contributed by atoms with E-state index in [0.717, 1.165) is 28.3 Å². The van der Waals surface area contributed by atoms with Gasteiger partial charge in [-0.15, -0.1) is 0 Å². The van der Waals surface area contributed by atoms with E-state index in [1.165, 1.54) is 12.1 Å².